The molecule has 0 aromatic rings. The Morgan fingerprint density at radius 3 is 1.42 bits per heavy atom. The number of rotatable bonds is 44. The van der Waals surface area contributed by atoms with E-state index in [0.29, 0.717) is 12.8 Å². The minimum Gasteiger partial charge on any atom is -0.544 e. The number of aliphatic carboxylic acids is 1. The summed E-state index contributed by atoms with van der Waals surface area (Å²) >= 11 is 0. The molecule has 59 heavy (non-hydrogen) atoms. The number of quaternary nitrogens is 1. The average Bonchev–Trinajstić information content (AvgIpc) is 3.19. The Labute approximate surface area is 364 Å². The lowest BCUT2D eigenvalue weighted by Crippen LogP contribution is -2.55. The van der Waals surface area contributed by atoms with Gasteiger partial charge in [0.15, 0.2) is 6.10 Å². The fourth-order valence-corrected chi connectivity index (χ4v) is 7.22. The number of likely N-dealkylation sites (N-methyl/N-ethyl adjacent to an activating group) is 1. The highest BCUT2D eigenvalue weighted by molar-refractivity contribution is 5.70. The third kappa shape index (κ3) is 40.7. The van der Waals surface area contributed by atoms with Gasteiger partial charge in [0.1, 0.15) is 12.6 Å². The summed E-state index contributed by atoms with van der Waals surface area (Å²) in [5, 5.41) is 11.6. The molecule has 0 aromatic heterocycles. The van der Waals surface area contributed by atoms with Gasteiger partial charge in [-0.1, -0.05) is 172 Å². The van der Waals surface area contributed by atoms with Crippen molar-refractivity contribution < 1.29 is 38.2 Å². The van der Waals surface area contributed by atoms with Crippen molar-refractivity contribution >= 4 is 17.9 Å². The van der Waals surface area contributed by atoms with E-state index in [1.54, 1.807) is 21.1 Å². The van der Waals surface area contributed by atoms with Gasteiger partial charge in [-0.15, -0.1) is 0 Å². The van der Waals surface area contributed by atoms with Crippen molar-refractivity contribution in [3.05, 3.63) is 36.5 Å². The van der Waals surface area contributed by atoms with Crippen LogP contribution >= 0.6 is 0 Å². The number of esters is 2. The number of carboxylic acids is 1. The number of carboxylic acid groups (broad SMARTS) is 1. The summed E-state index contributed by atoms with van der Waals surface area (Å²) in [7, 11) is 5.41. The van der Waals surface area contributed by atoms with Gasteiger partial charge >= 0.3 is 11.9 Å². The van der Waals surface area contributed by atoms with Crippen LogP contribution in [0.5, 0.6) is 0 Å². The molecule has 0 N–H and O–H groups in total. The van der Waals surface area contributed by atoms with Gasteiger partial charge in [-0.3, -0.25) is 9.59 Å². The van der Waals surface area contributed by atoms with Crippen LogP contribution in [0.1, 0.15) is 219 Å². The third-order valence-corrected chi connectivity index (χ3v) is 11.0. The molecular weight excluding hydrogens is 739 g/mol. The quantitative estimate of drug-likeness (QED) is 0.0261. The molecule has 0 amide bonds. The number of hydrogen-bond acceptors (Lipinski definition) is 7. The van der Waals surface area contributed by atoms with E-state index >= 15 is 0 Å². The maximum absolute atomic E-state index is 12.7. The van der Waals surface area contributed by atoms with Crippen LogP contribution in [0.3, 0.4) is 0 Å². The van der Waals surface area contributed by atoms with Crippen molar-refractivity contribution in [3.63, 3.8) is 0 Å². The summed E-state index contributed by atoms with van der Waals surface area (Å²) in [5.74, 6) is -1.75. The average molecular weight is 832 g/mol. The minimum atomic E-state index is -1.13. The third-order valence-electron chi connectivity index (χ3n) is 11.0. The number of hydrogen-bond donors (Lipinski definition) is 0. The van der Waals surface area contributed by atoms with Crippen molar-refractivity contribution in [2.45, 2.75) is 231 Å². The summed E-state index contributed by atoms with van der Waals surface area (Å²) in [5.41, 5.74) is 0. The lowest BCUT2D eigenvalue weighted by atomic mass is 10.0. The van der Waals surface area contributed by atoms with Gasteiger partial charge in [0.2, 0.25) is 0 Å². The molecule has 8 nitrogen and oxygen atoms in total. The van der Waals surface area contributed by atoms with Gasteiger partial charge in [-0.25, -0.2) is 0 Å². The van der Waals surface area contributed by atoms with Crippen molar-refractivity contribution in [2.24, 2.45) is 0 Å². The summed E-state index contributed by atoms with van der Waals surface area (Å²) < 4.78 is 17.2. The molecule has 0 saturated heterocycles. The van der Waals surface area contributed by atoms with Gasteiger partial charge in [-0.2, -0.15) is 0 Å². The van der Waals surface area contributed by atoms with Crippen LogP contribution < -0.4 is 5.11 Å². The lowest BCUT2D eigenvalue weighted by molar-refractivity contribution is -0.889. The highest BCUT2D eigenvalue weighted by Gasteiger charge is 2.25. The number of ether oxygens (including phenoxy) is 3. The second-order valence-corrected chi connectivity index (χ2v) is 17.7. The lowest BCUT2D eigenvalue weighted by Gasteiger charge is -2.34. The molecule has 0 aliphatic heterocycles. The van der Waals surface area contributed by atoms with E-state index < -0.39 is 18.1 Å². The highest BCUT2D eigenvalue weighted by Crippen LogP contribution is 2.15. The van der Waals surface area contributed by atoms with Gasteiger partial charge in [-0.05, 0) is 64.2 Å². The molecule has 0 radical (unpaired) electrons. The Morgan fingerprint density at radius 1 is 0.525 bits per heavy atom. The zero-order valence-corrected chi connectivity index (χ0v) is 39.2. The first-order chi connectivity index (χ1) is 28.6. The van der Waals surface area contributed by atoms with E-state index in [1.165, 1.54) is 122 Å². The van der Waals surface area contributed by atoms with E-state index in [4.69, 9.17) is 14.2 Å². The van der Waals surface area contributed by atoms with Crippen LogP contribution in [0.2, 0.25) is 0 Å². The van der Waals surface area contributed by atoms with Gasteiger partial charge in [0.25, 0.3) is 0 Å². The molecule has 0 saturated carbocycles. The molecule has 2 unspecified atom stereocenters. The second-order valence-electron chi connectivity index (χ2n) is 17.7. The Kier molecular flexibility index (Phi) is 40.5. The maximum Gasteiger partial charge on any atom is 0.306 e. The molecule has 0 aliphatic carbocycles. The molecule has 2 atom stereocenters. The van der Waals surface area contributed by atoms with Crippen LogP contribution in [0.15, 0.2) is 36.5 Å². The summed E-state index contributed by atoms with van der Waals surface area (Å²) in [6.07, 6.45) is 48.9. The van der Waals surface area contributed by atoms with Gasteiger partial charge < -0.3 is 28.6 Å². The Morgan fingerprint density at radius 2 is 0.949 bits per heavy atom. The number of carbonyl (C=O) groups excluding carboxylic acids is 3. The molecular formula is C51H93NO7. The van der Waals surface area contributed by atoms with Crippen LogP contribution in [0.4, 0.5) is 0 Å². The van der Waals surface area contributed by atoms with Gasteiger partial charge in [0.05, 0.1) is 40.3 Å². The second kappa shape index (κ2) is 42.2. The normalized spacial score (nSPS) is 13.2. The minimum absolute atomic E-state index is 0.0370. The Hall–Kier alpha value is -2.45. The monoisotopic (exact) mass is 832 g/mol. The van der Waals surface area contributed by atoms with E-state index in [9.17, 15) is 19.5 Å². The van der Waals surface area contributed by atoms with Crippen molar-refractivity contribution in [2.75, 3.05) is 41.0 Å². The first-order valence-electron chi connectivity index (χ1n) is 24.5. The molecule has 0 heterocycles. The van der Waals surface area contributed by atoms with Crippen LogP contribution in [0.25, 0.3) is 0 Å². The first kappa shape index (κ1) is 56.5. The molecule has 0 bridgehead atoms. The molecule has 344 valence electrons. The highest BCUT2D eigenvalue weighted by atomic mass is 16.6. The molecule has 0 aromatic carbocycles. The number of carbonyl (C=O) groups is 3. The van der Waals surface area contributed by atoms with Crippen LogP contribution in [0, 0.1) is 0 Å². The van der Waals surface area contributed by atoms with Crippen molar-refractivity contribution in [1.29, 1.82) is 0 Å². The standard InChI is InChI=1S/C51H93NO7/c1-6-8-10-12-14-16-18-20-22-23-24-25-26-27-28-30-31-33-35-37-39-41-49(53)58-46-47(45-57-44-43-48(51(55)56)52(3,4)5)59-50(54)42-40-38-36-34-32-29-21-19-17-15-13-11-9-7-2/h8,10,14,16,29,32,47-48H,6-7,9,11-13,15,17-28,30-31,33-46H2,1-5H3/b10-8+,16-14+,32-29+. The molecule has 0 spiro atoms. The maximum atomic E-state index is 12.7. The first-order valence-corrected chi connectivity index (χ1v) is 24.5. The zero-order chi connectivity index (χ0) is 43.5. The molecule has 0 rings (SSSR count). The predicted molar refractivity (Wildman–Crippen MR) is 245 cm³/mol. The zero-order valence-electron chi connectivity index (χ0n) is 39.2. The summed E-state index contributed by atoms with van der Waals surface area (Å²) in [6, 6.07) is -0.727. The number of nitrogens with zero attached hydrogens (tertiary/aromatic N) is 1. The van der Waals surface area contributed by atoms with E-state index in [-0.39, 0.29) is 42.7 Å². The van der Waals surface area contributed by atoms with Crippen molar-refractivity contribution in [1.82, 2.24) is 0 Å². The van der Waals surface area contributed by atoms with Crippen LogP contribution in [-0.4, -0.2) is 75.5 Å². The predicted octanol–water partition coefficient (Wildman–Crippen LogP) is 12.5. The SMILES string of the molecule is CC/C=C/C/C=C/CCCCCCCCCCCCCCCCC(=O)OCC(COCCC(C(=O)[O-])[N+](C)(C)C)OC(=O)CCCCC/C=C/CCCCCCCCC. The largest absolute Gasteiger partial charge is 0.544 e. The van der Waals surface area contributed by atoms with Gasteiger partial charge in [0, 0.05) is 19.3 Å². The summed E-state index contributed by atoms with van der Waals surface area (Å²) in [4.78, 5) is 36.9. The molecule has 0 fully saturated rings. The number of unbranched alkanes of at least 4 members (excludes halogenated alkanes) is 24. The molecule has 8 heteroatoms. The van der Waals surface area contributed by atoms with Crippen molar-refractivity contribution in [3.8, 4) is 0 Å². The molecule has 0 aliphatic rings. The number of allylic oxidation sites excluding steroid dienone is 6. The smallest absolute Gasteiger partial charge is 0.306 e. The fraction of sp³-hybridized carbons (Fsp3) is 0.824. The Bertz CT molecular complexity index is 1060. The Balaban J connectivity index is 4.22. The summed E-state index contributed by atoms with van der Waals surface area (Å²) in [6.45, 7) is 4.56. The van der Waals surface area contributed by atoms with E-state index in [2.05, 4.69) is 50.3 Å². The van der Waals surface area contributed by atoms with E-state index in [1.807, 2.05) is 0 Å². The topological polar surface area (TPSA) is 102 Å². The fourth-order valence-electron chi connectivity index (χ4n) is 7.22. The van der Waals surface area contributed by atoms with Crippen LogP contribution in [-0.2, 0) is 28.6 Å². The van der Waals surface area contributed by atoms with E-state index in [0.717, 1.165) is 64.2 Å².